The minimum absolute atomic E-state index is 0.136. The van der Waals surface area contributed by atoms with Crippen LogP contribution in [-0.4, -0.2) is 20.9 Å². The molecule has 1 amide bonds. The lowest BCUT2D eigenvalue weighted by Crippen LogP contribution is -2.42. The number of amides is 1. The van der Waals surface area contributed by atoms with Gasteiger partial charge in [0.15, 0.2) is 0 Å². The lowest BCUT2D eigenvalue weighted by atomic mass is 9.89. The molecule has 0 bridgehead atoms. The molecule has 0 heterocycles. The highest BCUT2D eigenvalue weighted by molar-refractivity contribution is 7.92. The van der Waals surface area contributed by atoms with Gasteiger partial charge in [-0.15, -0.1) is 0 Å². The number of rotatable bonds is 8. The summed E-state index contributed by atoms with van der Waals surface area (Å²) >= 11 is 6.13. The molecule has 1 N–H and O–H groups in total. The molecule has 0 aromatic heterocycles. The smallest absolute Gasteiger partial charge is 0.264 e. The summed E-state index contributed by atoms with van der Waals surface area (Å²) in [5.74, 6) is -0.357. The van der Waals surface area contributed by atoms with E-state index in [0.717, 1.165) is 24.0 Å². The van der Waals surface area contributed by atoms with Crippen LogP contribution >= 0.6 is 11.6 Å². The van der Waals surface area contributed by atoms with Gasteiger partial charge in [0.2, 0.25) is 5.91 Å². The van der Waals surface area contributed by atoms with Gasteiger partial charge in [-0.3, -0.25) is 9.10 Å². The average molecular weight is 525 g/mol. The van der Waals surface area contributed by atoms with Crippen molar-refractivity contribution in [3.05, 3.63) is 93.5 Å². The molecule has 0 radical (unpaired) electrons. The first-order valence-electron chi connectivity index (χ1n) is 12.5. The predicted octanol–water partition coefficient (Wildman–Crippen LogP) is 6.30. The average Bonchev–Trinajstić information content (AvgIpc) is 2.86. The fourth-order valence-electron chi connectivity index (χ4n) is 4.80. The monoisotopic (exact) mass is 524 g/mol. The van der Waals surface area contributed by atoms with E-state index in [1.54, 1.807) is 49.4 Å². The predicted molar refractivity (Wildman–Crippen MR) is 146 cm³/mol. The van der Waals surface area contributed by atoms with Gasteiger partial charge in [-0.1, -0.05) is 54.4 Å². The van der Waals surface area contributed by atoms with Crippen molar-refractivity contribution in [2.75, 3.05) is 10.8 Å². The van der Waals surface area contributed by atoms with Crippen LogP contribution in [0.15, 0.2) is 65.6 Å². The molecular weight excluding hydrogens is 492 g/mol. The minimum atomic E-state index is -3.99. The second kappa shape index (κ2) is 11.1. The zero-order valence-electron chi connectivity index (χ0n) is 21.1. The van der Waals surface area contributed by atoms with E-state index in [2.05, 4.69) is 23.5 Å². The number of fused-ring (bicyclic) bond motifs is 1. The molecule has 7 heteroatoms. The Morgan fingerprint density at radius 2 is 1.67 bits per heavy atom. The molecule has 1 aliphatic carbocycles. The SMILES string of the molecule is CC[C@H](NC(=O)CN(c1ccc(Cl)cc1C)S(=O)(=O)c1ccc(C)cc1)c1ccc2c(c1)CCCC2. The quantitative estimate of drug-likeness (QED) is 0.376. The van der Waals surface area contributed by atoms with Gasteiger partial charge in [0, 0.05) is 5.02 Å². The summed E-state index contributed by atoms with van der Waals surface area (Å²) in [6.45, 7) is 5.38. The number of nitrogens with one attached hydrogen (secondary N) is 1. The number of nitrogens with zero attached hydrogens (tertiary/aromatic N) is 1. The molecule has 190 valence electrons. The number of hydrogen-bond donors (Lipinski definition) is 1. The van der Waals surface area contributed by atoms with E-state index in [0.29, 0.717) is 22.7 Å². The molecule has 1 aliphatic rings. The number of carbonyl (C=O) groups is 1. The van der Waals surface area contributed by atoms with Crippen LogP contribution in [0.25, 0.3) is 0 Å². The largest absolute Gasteiger partial charge is 0.348 e. The highest BCUT2D eigenvalue weighted by Gasteiger charge is 2.29. The van der Waals surface area contributed by atoms with E-state index >= 15 is 0 Å². The summed E-state index contributed by atoms with van der Waals surface area (Å²) < 4.78 is 28.6. The highest BCUT2D eigenvalue weighted by Crippen LogP contribution is 2.30. The summed E-state index contributed by atoms with van der Waals surface area (Å²) in [6.07, 6.45) is 5.27. The molecule has 1 atom stereocenters. The summed E-state index contributed by atoms with van der Waals surface area (Å²) in [7, 11) is -3.99. The molecule has 0 unspecified atom stereocenters. The number of benzene rings is 3. The molecule has 0 saturated carbocycles. The van der Waals surface area contributed by atoms with Gasteiger partial charge in [0.1, 0.15) is 6.54 Å². The van der Waals surface area contributed by atoms with Crippen molar-refractivity contribution >= 4 is 33.2 Å². The van der Waals surface area contributed by atoms with E-state index < -0.39 is 10.0 Å². The summed E-state index contributed by atoms with van der Waals surface area (Å²) in [5.41, 5.74) is 5.86. The third kappa shape index (κ3) is 5.76. The van der Waals surface area contributed by atoms with Gasteiger partial charge >= 0.3 is 0 Å². The topological polar surface area (TPSA) is 66.5 Å². The molecule has 4 rings (SSSR count). The van der Waals surface area contributed by atoms with Gasteiger partial charge < -0.3 is 5.32 Å². The third-order valence-electron chi connectivity index (χ3n) is 6.84. The lowest BCUT2D eigenvalue weighted by Gasteiger charge is -2.27. The Morgan fingerprint density at radius 3 is 2.33 bits per heavy atom. The maximum absolute atomic E-state index is 13.7. The van der Waals surface area contributed by atoms with Crippen LogP contribution in [0.1, 0.15) is 60.0 Å². The number of halogens is 1. The van der Waals surface area contributed by atoms with Crippen molar-refractivity contribution in [2.24, 2.45) is 0 Å². The first-order valence-corrected chi connectivity index (χ1v) is 14.3. The summed E-state index contributed by atoms with van der Waals surface area (Å²) in [6, 6.07) is 17.9. The molecule has 36 heavy (non-hydrogen) atoms. The van der Waals surface area contributed by atoms with Crippen LogP contribution in [-0.2, 0) is 27.7 Å². The van der Waals surface area contributed by atoms with Crippen LogP contribution in [0, 0.1) is 13.8 Å². The van der Waals surface area contributed by atoms with Crippen molar-refractivity contribution in [1.29, 1.82) is 0 Å². The lowest BCUT2D eigenvalue weighted by molar-refractivity contribution is -0.120. The van der Waals surface area contributed by atoms with Gasteiger partial charge in [0.25, 0.3) is 10.0 Å². The maximum Gasteiger partial charge on any atom is 0.264 e. The van der Waals surface area contributed by atoms with Gasteiger partial charge in [-0.25, -0.2) is 8.42 Å². The Balaban J connectivity index is 1.62. The van der Waals surface area contributed by atoms with Crippen LogP contribution in [0.3, 0.4) is 0 Å². The first kappa shape index (κ1) is 26.2. The van der Waals surface area contributed by atoms with Crippen LogP contribution in [0.5, 0.6) is 0 Å². The highest BCUT2D eigenvalue weighted by atomic mass is 35.5. The van der Waals surface area contributed by atoms with Crippen molar-refractivity contribution in [1.82, 2.24) is 5.32 Å². The van der Waals surface area contributed by atoms with Crippen molar-refractivity contribution < 1.29 is 13.2 Å². The number of aryl methyl sites for hydroxylation is 4. The fourth-order valence-corrected chi connectivity index (χ4v) is 6.51. The van der Waals surface area contributed by atoms with Gasteiger partial charge in [-0.05, 0) is 98.5 Å². The molecule has 3 aromatic carbocycles. The zero-order valence-corrected chi connectivity index (χ0v) is 22.6. The molecule has 0 saturated heterocycles. The Bertz CT molecular complexity index is 1350. The van der Waals surface area contributed by atoms with Crippen molar-refractivity contribution in [3.63, 3.8) is 0 Å². The minimum Gasteiger partial charge on any atom is -0.348 e. The third-order valence-corrected chi connectivity index (χ3v) is 8.85. The normalized spacial score (nSPS) is 14.1. The van der Waals surface area contributed by atoms with Crippen LogP contribution in [0.4, 0.5) is 5.69 Å². The molecule has 0 fully saturated rings. The molecule has 0 spiro atoms. The Labute approximate surface area is 219 Å². The van der Waals surface area contributed by atoms with Crippen molar-refractivity contribution in [3.8, 4) is 0 Å². The van der Waals surface area contributed by atoms with Crippen LogP contribution < -0.4 is 9.62 Å². The van der Waals surface area contributed by atoms with E-state index in [1.165, 1.54) is 28.3 Å². The summed E-state index contributed by atoms with van der Waals surface area (Å²) in [4.78, 5) is 13.5. The van der Waals surface area contributed by atoms with Crippen LogP contribution in [0.2, 0.25) is 5.02 Å². The molecule has 3 aromatic rings. The van der Waals surface area contributed by atoms with E-state index in [4.69, 9.17) is 11.6 Å². The molecule has 5 nitrogen and oxygen atoms in total. The number of hydrogen-bond acceptors (Lipinski definition) is 3. The Kier molecular flexibility index (Phi) is 8.06. The van der Waals surface area contributed by atoms with Crippen molar-refractivity contribution in [2.45, 2.75) is 63.8 Å². The van der Waals surface area contributed by atoms with E-state index in [-0.39, 0.29) is 23.4 Å². The Morgan fingerprint density at radius 1 is 0.972 bits per heavy atom. The second-order valence-corrected chi connectivity index (χ2v) is 11.8. The number of carbonyl (C=O) groups excluding carboxylic acids is 1. The fraction of sp³-hybridized carbons (Fsp3) is 0.345. The first-order chi connectivity index (χ1) is 17.2. The maximum atomic E-state index is 13.7. The number of anilines is 1. The Hall–Kier alpha value is -2.83. The summed E-state index contributed by atoms with van der Waals surface area (Å²) in [5, 5.41) is 3.59. The van der Waals surface area contributed by atoms with Gasteiger partial charge in [0.05, 0.1) is 16.6 Å². The molecule has 0 aliphatic heterocycles. The zero-order chi connectivity index (χ0) is 25.9. The van der Waals surface area contributed by atoms with E-state index in [9.17, 15) is 13.2 Å². The van der Waals surface area contributed by atoms with Gasteiger partial charge in [-0.2, -0.15) is 0 Å². The molecular formula is C29H33ClN2O3S. The second-order valence-electron chi connectivity index (χ2n) is 9.52. The standard InChI is InChI=1S/C29H33ClN2O3S/c1-4-27(24-12-11-22-7-5-6-8-23(22)18-24)31-29(33)19-32(28-16-13-25(30)17-21(28)3)36(34,35)26-14-9-20(2)10-15-26/h9-18,27H,4-8,19H2,1-3H3,(H,31,33)/t27-/m0/s1. The number of sulfonamides is 1. The van der Waals surface area contributed by atoms with E-state index in [1.807, 2.05) is 13.8 Å².